The van der Waals surface area contributed by atoms with Gasteiger partial charge in [-0.1, -0.05) is 54.1 Å². The SMILES string of the molecule is CC(C)(C)OC(=O)N[C@@H](CCS(=N)(=O)CCC(c1ccc(-c2ccccc2Cl)cc1)C(F)(F)F)C(=O)OC(C)(C)C. The Bertz CT molecular complexity index is 1300. The van der Waals surface area contributed by atoms with Gasteiger partial charge in [0.2, 0.25) is 0 Å². The summed E-state index contributed by atoms with van der Waals surface area (Å²) < 4.78 is 73.9. The van der Waals surface area contributed by atoms with E-state index < -0.39 is 69.1 Å². The van der Waals surface area contributed by atoms with E-state index in [1.807, 2.05) is 0 Å². The van der Waals surface area contributed by atoms with Crippen LogP contribution in [0, 0.1) is 4.78 Å². The van der Waals surface area contributed by atoms with Gasteiger partial charge in [-0.3, -0.25) is 4.78 Å². The molecule has 0 aliphatic carbocycles. The lowest BCUT2D eigenvalue weighted by Gasteiger charge is -2.26. The summed E-state index contributed by atoms with van der Waals surface area (Å²) in [5, 5.41) is 2.84. The van der Waals surface area contributed by atoms with Gasteiger partial charge in [-0.15, -0.1) is 0 Å². The number of alkyl halides is 3. The molecule has 2 aromatic rings. The average molecular weight is 619 g/mol. The van der Waals surface area contributed by atoms with E-state index in [2.05, 4.69) is 5.32 Å². The molecule has 41 heavy (non-hydrogen) atoms. The van der Waals surface area contributed by atoms with Gasteiger partial charge < -0.3 is 14.8 Å². The number of amides is 1. The molecule has 2 rings (SSSR count). The van der Waals surface area contributed by atoms with Gasteiger partial charge in [0.15, 0.2) is 0 Å². The number of carbonyl (C=O) groups is 2. The number of esters is 1. The molecule has 7 nitrogen and oxygen atoms in total. The van der Waals surface area contributed by atoms with Crippen LogP contribution in [-0.4, -0.2) is 51.2 Å². The molecule has 2 unspecified atom stereocenters. The maximum Gasteiger partial charge on any atom is 0.408 e. The second-order valence-corrected chi connectivity index (χ2v) is 14.6. The van der Waals surface area contributed by atoms with Gasteiger partial charge >= 0.3 is 18.2 Å². The van der Waals surface area contributed by atoms with Crippen LogP contribution >= 0.6 is 11.6 Å². The topological polar surface area (TPSA) is 106 Å². The molecular weight excluding hydrogens is 581 g/mol. The number of hydrogen-bond acceptors (Lipinski definition) is 6. The molecule has 0 aliphatic heterocycles. The average Bonchev–Trinajstić information content (AvgIpc) is 2.79. The van der Waals surface area contributed by atoms with Gasteiger partial charge in [-0.05, 0) is 71.6 Å². The number of ether oxygens (including phenoxy) is 2. The Hall–Kier alpha value is -2.79. The van der Waals surface area contributed by atoms with Crippen LogP contribution < -0.4 is 5.32 Å². The third-order valence-electron chi connectivity index (χ3n) is 5.75. The zero-order valence-electron chi connectivity index (χ0n) is 24.1. The Morgan fingerprint density at radius 1 is 0.902 bits per heavy atom. The molecule has 0 fully saturated rings. The Balaban J connectivity index is 2.15. The predicted molar refractivity (Wildman–Crippen MR) is 155 cm³/mol. The van der Waals surface area contributed by atoms with Crippen molar-refractivity contribution in [2.24, 2.45) is 0 Å². The van der Waals surface area contributed by atoms with Crippen LogP contribution in [0.5, 0.6) is 0 Å². The number of hydrogen-bond donors (Lipinski definition) is 2. The van der Waals surface area contributed by atoms with Crippen LogP contribution in [0.2, 0.25) is 5.02 Å². The van der Waals surface area contributed by atoms with Crippen molar-refractivity contribution in [3.05, 3.63) is 59.1 Å². The van der Waals surface area contributed by atoms with Crippen LogP contribution in [0.3, 0.4) is 0 Å². The van der Waals surface area contributed by atoms with Crippen LogP contribution in [0.25, 0.3) is 11.1 Å². The minimum Gasteiger partial charge on any atom is -0.458 e. The molecule has 2 aromatic carbocycles. The van der Waals surface area contributed by atoms with E-state index in [1.165, 1.54) is 12.1 Å². The first kappa shape index (κ1) is 34.4. The Labute approximate surface area is 245 Å². The van der Waals surface area contributed by atoms with Crippen molar-refractivity contribution in [3.8, 4) is 11.1 Å². The number of alkyl carbamates (subject to hydrolysis) is 1. The Kier molecular flexibility index (Phi) is 11.3. The Morgan fingerprint density at radius 2 is 1.44 bits per heavy atom. The number of rotatable bonds is 10. The van der Waals surface area contributed by atoms with Crippen molar-refractivity contribution in [2.45, 2.75) is 83.7 Å². The van der Waals surface area contributed by atoms with Gasteiger partial charge in [0, 0.05) is 31.8 Å². The molecule has 0 saturated heterocycles. The summed E-state index contributed by atoms with van der Waals surface area (Å²) in [4.78, 5) is 25.0. The van der Waals surface area contributed by atoms with E-state index in [-0.39, 0.29) is 12.0 Å². The highest BCUT2D eigenvalue weighted by Gasteiger charge is 2.41. The number of halogens is 4. The fourth-order valence-corrected chi connectivity index (χ4v) is 5.58. The van der Waals surface area contributed by atoms with Gasteiger partial charge in [0.1, 0.15) is 17.2 Å². The minimum atomic E-state index is -4.64. The fraction of sp³-hybridized carbons (Fsp3) is 0.517. The van der Waals surface area contributed by atoms with Crippen LogP contribution in [-0.2, 0) is 24.0 Å². The molecule has 0 saturated carbocycles. The van der Waals surface area contributed by atoms with Gasteiger partial charge in [-0.25, -0.2) is 13.8 Å². The fourth-order valence-electron chi connectivity index (χ4n) is 3.90. The molecule has 228 valence electrons. The van der Waals surface area contributed by atoms with Gasteiger partial charge in [-0.2, -0.15) is 13.2 Å². The molecule has 3 atom stereocenters. The molecule has 0 heterocycles. The first-order chi connectivity index (χ1) is 18.7. The highest BCUT2D eigenvalue weighted by molar-refractivity contribution is 7.92. The third kappa shape index (κ3) is 11.9. The van der Waals surface area contributed by atoms with E-state index >= 15 is 0 Å². The zero-order chi connectivity index (χ0) is 31.2. The standard InChI is InChI=1S/C29H38ClF3N2O5S/c1-27(2,3)39-25(36)24(35-26(37)40-28(4,5)6)16-18-41(34,38)17-15-22(29(31,32)33)20-13-11-19(12-14-20)21-9-7-8-10-23(21)30/h7-14,22,24,34H,15-18H2,1-6H3,(H,35,37)/t22?,24-,41?/m0/s1. The van der Waals surface area contributed by atoms with Gasteiger partial charge in [0.05, 0.1) is 5.92 Å². The summed E-state index contributed by atoms with van der Waals surface area (Å²) in [6, 6.07) is 11.5. The molecular formula is C29H38ClF3N2O5S. The quantitative estimate of drug-likeness (QED) is 0.265. The highest BCUT2D eigenvalue weighted by Crippen LogP contribution is 2.39. The molecule has 0 radical (unpaired) electrons. The smallest absolute Gasteiger partial charge is 0.408 e. The third-order valence-corrected chi connectivity index (χ3v) is 7.87. The lowest BCUT2D eigenvalue weighted by Crippen LogP contribution is -2.46. The van der Waals surface area contributed by atoms with Crippen molar-refractivity contribution in [2.75, 3.05) is 11.5 Å². The van der Waals surface area contributed by atoms with Crippen molar-refractivity contribution < 1.29 is 36.4 Å². The van der Waals surface area contributed by atoms with E-state index in [0.29, 0.717) is 16.1 Å². The van der Waals surface area contributed by atoms with Crippen LogP contribution in [0.4, 0.5) is 18.0 Å². The summed E-state index contributed by atoms with van der Waals surface area (Å²) >= 11 is 6.20. The van der Waals surface area contributed by atoms with E-state index in [0.717, 1.165) is 0 Å². The highest BCUT2D eigenvalue weighted by atomic mass is 35.5. The van der Waals surface area contributed by atoms with Crippen molar-refractivity contribution in [3.63, 3.8) is 0 Å². The molecule has 0 aliphatic rings. The lowest BCUT2D eigenvalue weighted by molar-refractivity contribution is -0.157. The summed E-state index contributed by atoms with van der Waals surface area (Å²) in [6.07, 6.45) is -6.42. The normalized spacial score (nSPS) is 15.4. The second-order valence-electron chi connectivity index (χ2n) is 11.7. The van der Waals surface area contributed by atoms with Crippen LogP contribution in [0.1, 0.15) is 65.9 Å². The second kappa shape index (κ2) is 13.5. The predicted octanol–water partition coefficient (Wildman–Crippen LogP) is 7.71. The molecule has 0 bridgehead atoms. The summed E-state index contributed by atoms with van der Waals surface area (Å²) in [5.41, 5.74) is -0.451. The van der Waals surface area contributed by atoms with E-state index in [1.54, 1.807) is 77.9 Å². The largest absolute Gasteiger partial charge is 0.458 e. The minimum absolute atomic E-state index is 0.0262. The number of benzene rings is 2. The van der Waals surface area contributed by atoms with Crippen molar-refractivity contribution in [1.82, 2.24) is 5.32 Å². The first-order valence-corrected chi connectivity index (χ1v) is 15.3. The number of carbonyl (C=O) groups excluding carboxylic acids is 2. The molecule has 1 amide bonds. The molecule has 12 heteroatoms. The maximum absolute atomic E-state index is 14.0. The van der Waals surface area contributed by atoms with E-state index in [9.17, 15) is 27.0 Å². The maximum atomic E-state index is 14.0. The monoisotopic (exact) mass is 618 g/mol. The summed E-state index contributed by atoms with van der Waals surface area (Å²) in [6.45, 7) is 9.78. The van der Waals surface area contributed by atoms with Crippen LogP contribution in [0.15, 0.2) is 48.5 Å². The summed E-state index contributed by atoms with van der Waals surface area (Å²) in [7, 11) is -3.56. The summed E-state index contributed by atoms with van der Waals surface area (Å²) in [5.74, 6) is -3.76. The van der Waals surface area contributed by atoms with E-state index in [4.69, 9.17) is 25.9 Å². The zero-order valence-corrected chi connectivity index (χ0v) is 25.6. The lowest BCUT2D eigenvalue weighted by atomic mass is 9.93. The molecule has 2 N–H and O–H groups in total. The number of nitrogens with one attached hydrogen (secondary N) is 2. The van der Waals surface area contributed by atoms with Gasteiger partial charge in [0.25, 0.3) is 0 Å². The van der Waals surface area contributed by atoms with Crippen molar-refractivity contribution >= 4 is 33.4 Å². The Morgan fingerprint density at radius 3 is 1.95 bits per heavy atom. The molecule has 0 spiro atoms. The first-order valence-electron chi connectivity index (χ1n) is 13.0. The van der Waals surface area contributed by atoms with Crippen molar-refractivity contribution in [1.29, 1.82) is 4.78 Å². The molecule has 0 aromatic heterocycles.